The zero-order chi connectivity index (χ0) is 23.9. The number of halogens is 7. The van der Waals surface area contributed by atoms with Crippen molar-refractivity contribution in [1.82, 2.24) is 4.57 Å². The van der Waals surface area contributed by atoms with E-state index in [0.717, 1.165) is 31.2 Å². The number of hydrogen-bond donors (Lipinski definition) is 0. The molecule has 3 nitrogen and oxygen atoms in total. The van der Waals surface area contributed by atoms with E-state index in [1.807, 2.05) is 0 Å². The summed E-state index contributed by atoms with van der Waals surface area (Å²) in [5.41, 5.74) is -6.89. The largest absolute Gasteiger partial charge is 0.442 e. The van der Waals surface area contributed by atoms with Crippen LogP contribution in [-0.4, -0.2) is 22.9 Å². The second-order valence-corrected chi connectivity index (χ2v) is 7.03. The quantitative estimate of drug-likeness (QED) is 0.334. The molecule has 0 unspecified atom stereocenters. The van der Waals surface area contributed by atoms with Crippen LogP contribution in [0.15, 0.2) is 60.7 Å². The van der Waals surface area contributed by atoms with E-state index in [1.165, 1.54) is 23.6 Å². The van der Waals surface area contributed by atoms with Gasteiger partial charge in [-0.2, -0.15) is 26.3 Å². The lowest BCUT2D eigenvalue weighted by molar-refractivity contribution is -0.373. The minimum absolute atomic E-state index is 0.0689. The predicted octanol–water partition coefficient (Wildman–Crippen LogP) is 6.41. The number of alkyl halides is 6. The maximum absolute atomic E-state index is 14.2. The third-order valence-corrected chi connectivity index (χ3v) is 4.95. The van der Waals surface area contributed by atoms with Gasteiger partial charge in [-0.05, 0) is 56.3 Å². The highest BCUT2D eigenvalue weighted by atomic mass is 19.4. The Morgan fingerprint density at radius 3 is 1.88 bits per heavy atom. The molecule has 1 aromatic heterocycles. The smallest absolute Gasteiger partial charge is 0.431 e. The minimum Gasteiger partial charge on any atom is -0.431 e. The summed E-state index contributed by atoms with van der Waals surface area (Å²) in [6, 6.07) is 11.4. The van der Waals surface area contributed by atoms with Crippen LogP contribution in [0.25, 0.3) is 5.69 Å². The molecule has 0 saturated carbocycles. The zero-order valence-corrected chi connectivity index (χ0v) is 16.7. The Labute approximate surface area is 178 Å². The summed E-state index contributed by atoms with van der Waals surface area (Å²) in [7, 11) is 0. The fourth-order valence-electron chi connectivity index (χ4n) is 3.51. The second kappa shape index (κ2) is 7.99. The molecule has 2 aromatic carbocycles. The Hall–Kier alpha value is -3.30. The van der Waals surface area contributed by atoms with Crippen molar-refractivity contribution < 1.29 is 40.3 Å². The Kier molecular flexibility index (Phi) is 5.84. The van der Waals surface area contributed by atoms with Crippen LogP contribution in [0.4, 0.5) is 30.7 Å². The second-order valence-electron chi connectivity index (χ2n) is 7.03. The van der Waals surface area contributed by atoms with Gasteiger partial charge in [-0.25, -0.2) is 9.18 Å². The third-order valence-electron chi connectivity index (χ3n) is 4.95. The van der Waals surface area contributed by atoms with Crippen molar-refractivity contribution in [1.29, 1.82) is 0 Å². The molecule has 0 N–H and O–H groups in total. The lowest BCUT2D eigenvalue weighted by atomic mass is 9.91. The number of para-hydroxylation sites is 1. The molecule has 0 saturated heterocycles. The topological polar surface area (TPSA) is 31.2 Å². The molecule has 10 heteroatoms. The van der Waals surface area contributed by atoms with Gasteiger partial charge in [0.05, 0.1) is 5.56 Å². The van der Waals surface area contributed by atoms with Crippen molar-refractivity contribution >= 4 is 5.97 Å². The van der Waals surface area contributed by atoms with Gasteiger partial charge in [0.2, 0.25) is 0 Å². The highest BCUT2D eigenvalue weighted by Crippen LogP contribution is 2.54. The van der Waals surface area contributed by atoms with E-state index in [1.54, 1.807) is 18.2 Å². The van der Waals surface area contributed by atoms with Crippen molar-refractivity contribution in [3.63, 3.8) is 0 Å². The molecule has 0 aliphatic rings. The number of esters is 1. The summed E-state index contributed by atoms with van der Waals surface area (Å²) >= 11 is 0. The van der Waals surface area contributed by atoms with Crippen LogP contribution in [0, 0.1) is 19.7 Å². The number of ether oxygens (including phenoxy) is 1. The van der Waals surface area contributed by atoms with Crippen LogP contribution in [0.3, 0.4) is 0 Å². The van der Waals surface area contributed by atoms with E-state index in [0.29, 0.717) is 11.8 Å². The van der Waals surface area contributed by atoms with Crippen LogP contribution in [-0.2, 0) is 10.3 Å². The van der Waals surface area contributed by atoms with E-state index in [9.17, 15) is 35.5 Å². The molecule has 3 rings (SSSR count). The summed E-state index contributed by atoms with van der Waals surface area (Å²) < 4.78 is 103. The third kappa shape index (κ3) is 3.85. The maximum atomic E-state index is 14.2. The predicted molar refractivity (Wildman–Crippen MR) is 101 cm³/mol. The molecular formula is C22H16F7NO2. The number of benzene rings is 2. The molecule has 0 radical (unpaired) electrons. The minimum atomic E-state index is -6.05. The van der Waals surface area contributed by atoms with Gasteiger partial charge in [-0.15, -0.1) is 0 Å². The first-order chi connectivity index (χ1) is 14.8. The summed E-state index contributed by atoms with van der Waals surface area (Å²) in [4.78, 5) is 12.4. The SMILES string of the molecule is Cc1cc(C(OC(=O)c2ccc(F)cc2)(C(F)(F)F)C(F)(F)F)c(C)n1-c1ccccc1. The molecule has 1 heterocycles. The van der Waals surface area contributed by atoms with Crippen LogP contribution < -0.4 is 0 Å². The molecule has 0 spiro atoms. The van der Waals surface area contributed by atoms with Gasteiger partial charge in [0, 0.05) is 22.6 Å². The lowest BCUT2D eigenvalue weighted by Gasteiger charge is -2.36. The Bertz CT molecular complexity index is 1100. The van der Waals surface area contributed by atoms with Crippen LogP contribution in [0.5, 0.6) is 0 Å². The van der Waals surface area contributed by atoms with Gasteiger partial charge in [-0.3, -0.25) is 0 Å². The van der Waals surface area contributed by atoms with Crippen molar-refractivity contribution in [2.75, 3.05) is 0 Å². The summed E-state index contributed by atoms with van der Waals surface area (Å²) in [6.45, 7) is 2.41. The number of hydrogen-bond acceptors (Lipinski definition) is 2. The molecule has 0 amide bonds. The number of aryl methyl sites for hydroxylation is 1. The van der Waals surface area contributed by atoms with Gasteiger partial charge in [0.1, 0.15) is 5.82 Å². The number of carbonyl (C=O) groups excluding carboxylic acids is 1. The molecule has 3 aromatic rings. The first-order valence-corrected chi connectivity index (χ1v) is 9.17. The lowest BCUT2D eigenvalue weighted by Crippen LogP contribution is -2.57. The Morgan fingerprint density at radius 1 is 0.844 bits per heavy atom. The van der Waals surface area contributed by atoms with Crippen LogP contribution in [0.2, 0.25) is 0 Å². The van der Waals surface area contributed by atoms with Crippen molar-refractivity contribution in [3.8, 4) is 5.69 Å². The van der Waals surface area contributed by atoms with E-state index in [4.69, 9.17) is 0 Å². The van der Waals surface area contributed by atoms with Gasteiger partial charge >= 0.3 is 23.9 Å². The zero-order valence-electron chi connectivity index (χ0n) is 16.7. The van der Waals surface area contributed by atoms with Crippen molar-refractivity contribution in [2.45, 2.75) is 31.8 Å². The van der Waals surface area contributed by atoms with Gasteiger partial charge in [0.15, 0.2) is 0 Å². The molecular weight excluding hydrogens is 443 g/mol. The van der Waals surface area contributed by atoms with Gasteiger partial charge < -0.3 is 9.30 Å². The molecule has 170 valence electrons. The maximum Gasteiger partial charge on any atom is 0.442 e. The Balaban J connectivity index is 2.25. The molecule has 0 atom stereocenters. The van der Waals surface area contributed by atoms with E-state index >= 15 is 0 Å². The number of carbonyl (C=O) groups is 1. The fraction of sp³-hybridized carbons (Fsp3) is 0.227. The fourth-order valence-corrected chi connectivity index (χ4v) is 3.51. The average Bonchev–Trinajstić information content (AvgIpc) is 2.99. The molecule has 0 aliphatic heterocycles. The standard InChI is InChI=1S/C22H16F7NO2/c1-13-12-18(14(2)30(13)17-6-4-3-5-7-17)20(21(24,25)26,22(27,28)29)32-19(31)15-8-10-16(23)11-9-15/h3-12H,1-2H3. The van der Waals surface area contributed by atoms with E-state index < -0.39 is 46.6 Å². The number of nitrogens with zero attached hydrogens (tertiary/aromatic N) is 1. The van der Waals surface area contributed by atoms with Crippen molar-refractivity contribution in [3.05, 3.63) is 89.0 Å². The molecule has 32 heavy (non-hydrogen) atoms. The van der Waals surface area contributed by atoms with Crippen molar-refractivity contribution in [2.24, 2.45) is 0 Å². The molecule has 0 fully saturated rings. The monoisotopic (exact) mass is 459 g/mol. The molecule has 0 bridgehead atoms. The summed E-state index contributed by atoms with van der Waals surface area (Å²) in [6.07, 6.45) is -12.1. The van der Waals surface area contributed by atoms with Gasteiger partial charge in [-0.1, -0.05) is 18.2 Å². The normalized spacial score (nSPS) is 12.7. The first kappa shape index (κ1) is 23.4. The van der Waals surface area contributed by atoms with E-state index in [2.05, 4.69) is 4.74 Å². The Morgan fingerprint density at radius 2 is 1.38 bits per heavy atom. The van der Waals surface area contributed by atoms with Crippen LogP contribution >= 0.6 is 0 Å². The highest BCUT2D eigenvalue weighted by Gasteiger charge is 2.76. The highest BCUT2D eigenvalue weighted by molar-refractivity contribution is 5.89. The van der Waals surface area contributed by atoms with Crippen LogP contribution in [0.1, 0.15) is 27.3 Å². The van der Waals surface area contributed by atoms with Gasteiger partial charge in [0.25, 0.3) is 0 Å². The molecule has 0 aliphatic carbocycles. The first-order valence-electron chi connectivity index (χ1n) is 9.17. The summed E-state index contributed by atoms with van der Waals surface area (Å²) in [5.74, 6) is -2.73. The average molecular weight is 459 g/mol. The van der Waals surface area contributed by atoms with E-state index in [-0.39, 0.29) is 5.69 Å². The summed E-state index contributed by atoms with van der Waals surface area (Å²) in [5, 5.41) is 0. The number of rotatable bonds is 4. The number of aromatic nitrogens is 1.